The number of carbonyl (C=O) groups is 1. The smallest absolute Gasteiger partial charge is 0.278 e. The number of ether oxygens (including phenoxy) is 2. The molecule has 3 aromatic rings. The van der Waals surface area contributed by atoms with Gasteiger partial charge in [0.2, 0.25) is 0 Å². The maximum atomic E-state index is 13.0. The van der Waals surface area contributed by atoms with Crippen LogP contribution in [0, 0.1) is 6.92 Å². The Morgan fingerprint density at radius 2 is 1.81 bits per heavy atom. The van der Waals surface area contributed by atoms with Crippen LogP contribution in [0.25, 0.3) is 5.69 Å². The standard InChI is InChI=1S/C22H25BrN4O4/c1-13-20(25-26-27(13)18-12-16(29-5)7-8-19(18)30-6)21(28)24-15-9-14(22(2,3)4)10-17(11-15)31-23/h7-12H,1-6H3,(H,24,28). The van der Waals surface area contributed by atoms with Crippen molar-refractivity contribution in [3.8, 4) is 22.9 Å². The van der Waals surface area contributed by atoms with E-state index >= 15 is 0 Å². The molecule has 0 radical (unpaired) electrons. The zero-order valence-electron chi connectivity index (χ0n) is 18.3. The van der Waals surface area contributed by atoms with Crippen molar-refractivity contribution in [3.63, 3.8) is 0 Å². The van der Waals surface area contributed by atoms with Crippen molar-refractivity contribution in [2.75, 3.05) is 19.5 Å². The highest BCUT2D eigenvalue weighted by Crippen LogP contribution is 2.31. The zero-order chi connectivity index (χ0) is 22.8. The molecule has 0 unspecified atom stereocenters. The van der Waals surface area contributed by atoms with Crippen LogP contribution in [0.5, 0.6) is 17.2 Å². The largest absolute Gasteiger partial charge is 0.497 e. The summed E-state index contributed by atoms with van der Waals surface area (Å²) in [4.78, 5) is 13.0. The van der Waals surface area contributed by atoms with Crippen LogP contribution in [-0.4, -0.2) is 35.1 Å². The number of halogens is 1. The zero-order valence-corrected chi connectivity index (χ0v) is 19.9. The van der Waals surface area contributed by atoms with E-state index in [1.165, 1.54) is 0 Å². The fourth-order valence-electron chi connectivity index (χ4n) is 3.07. The van der Waals surface area contributed by atoms with Crippen LogP contribution >= 0.6 is 16.3 Å². The number of anilines is 1. The number of aromatic nitrogens is 3. The van der Waals surface area contributed by atoms with Crippen molar-refractivity contribution in [3.05, 3.63) is 53.3 Å². The number of rotatable bonds is 6. The lowest BCUT2D eigenvalue weighted by atomic mass is 9.86. The molecule has 0 spiro atoms. The average molecular weight is 489 g/mol. The monoisotopic (exact) mass is 488 g/mol. The Labute approximate surface area is 190 Å². The summed E-state index contributed by atoms with van der Waals surface area (Å²) < 4.78 is 17.5. The molecule has 0 aliphatic heterocycles. The van der Waals surface area contributed by atoms with Crippen LogP contribution in [0.15, 0.2) is 36.4 Å². The van der Waals surface area contributed by atoms with Gasteiger partial charge in [-0.25, -0.2) is 4.68 Å². The van der Waals surface area contributed by atoms with Gasteiger partial charge >= 0.3 is 0 Å². The number of nitrogens with one attached hydrogen (secondary N) is 1. The molecular formula is C22H25BrN4O4. The SMILES string of the molecule is COc1ccc(OC)c(-n2nnc(C(=O)Nc3cc(OBr)cc(C(C)(C)C)c3)c2C)c1. The van der Waals surface area contributed by atoms with Crippen molar-refractivity contribution < 1.29 is 18.1 Å². The molecule has 0 bridgehead atoms. The Bertz CT molecular complexity index is 1110. The lowest BCUT2D eigenvalue weighted by molar-refractivity contribution is 0.102. The molecule has 1 heterocycles. The number of hydrogen-bond donors (Lipinski definition) is 1. The highest BCUT2D eigenvalue weighted by molar-refractivity contribution is 9.06. The molecule has 0 saturated carbocycles. The van der Waals surface area contributed by atoms with Crippen molar-refractivity contribution >= 4 is 27.9 Å². The summed E-state index contributed by atoms with van der Waals surface area (Å²) in [6.45, 7) is 8.03. The van der Waals surface area contributed by atoms with Gasteiger partial charge in [-0.1, -0.05) is 26.0 Å². The van der Waals surface area contributed by atoms with Crippen LogP contribution < -0.4 is 18.6 Å². The minimum absolute atomic E-state index is 0.122. The Balaban J connectivity index is 1.95. The maximum Gasteiger partial charge on any atom is 0.278 e. The van der Waals surface area contributed by atoms with Crippen LogP contribution in [0.3, 0.4) is 0 Å². The third-order valence-electron chi connectivity index (χ3n) is 4.84. The van der Waals surface area contributed by atoms with E-state index in [4.69, 9.17) is 13.3 Å². The summed E-state index contributed by atoms with van der Waals surface area (Å²) in [6.07, 6.45) is 0. The molecule has 1 amide bonds. The van der Waals surface area contributed by atoms with E-state index in [2.05, 4.69) is 52.7 Å². The Hall–Kier alpha value is -3.07. The number of hydrogen-bond acceptors (Lipinski definition) is 6. The van der Waals surface area contributed by atoms with Crippen LogP contribution in [-0.2, 0) is 5.41 Å². The summed E-state index contributed by atoms with van der Waals surface area (Å²) >= 11 is 3.01. The lowest BCUT2D eigenvalue weighted by Gasteiger charge is -2.20. The van der Waals surface area contributed by atoms with Gasteiger partial charge < -0.3 is 18.6 Å². The molecule has 1 aromatic heterocycles. The molecule has 3 rings (SSSR count). The van der Waals surface area contributed by atoms with Gasteiger partial charge in [0.25, 0.3) is 5.91 Å². The maximum absolute atomic E-state index is 13.0. The van der Waals surface area contributed by atoms with Crippen molar-refractivity contribution in [2.45, 2.75) is 33.1 Å². The number of nitrogens with zero attached hydrogens (tertiary/aromatic N) is 3. The summed E-state index contributed by atoms with van der Waals surface area (Å²) in [5.74, 6) is 1.43. The van der Waals surface area contributed by atoms with Gasteiger partial charge in [-0.05, 0) is 42.2 Å². The Kier molecular flexibility index (Phi) is 6.54. The highest BCUT2D eigenvalue weighted by Gasteiger charge is 2.21. The fourth-order valence-corrected chi connectivity index (χ4v) is 3.26. The number of amides is 1. The highest BCUT2D eigenvalue weighted by atomic mass is 79.9. The molecule has 0 aliphatic rings. The predicted molar refractivity (Wildman–Crippen MR) is 122 cm³/mol. The van der Waals surface area contributed by atoms with Gasteiger partial charge in [-0.2, -0.15) is 0 Å². The lowest BCUT2D eigenvalue weighted by Crippen LogP contribution is -2.16. The van der Waals surface area contributed by atoms with Gasteiger partial charge in [0, 0.05) is 17.8 Å². The van der Waals surface area contributed by atoms with E-state index < -0.39 is 0 Å². The molecule has 0 aliphatic carbocycles. The number of carbonyl (C=O) groups excluding carboxylic acids is 1. The first kappa shape index (κ1) is 22.6. The molecule has 1 N–H and O–H groups in total. The van der Waals surface area contributed by atoms with E-state index in [-0.39, 0.29) is 17.0 Å². The summed E-state index contributed by atoms with van der Waals surface area (Å²) in [5.41, 5.74) is 2.88. The van der Waals surface area contributed by atoms with E-state index in [0.29, 0.717) is 34.3 Å². The van der Waals surface area contributed by atoms with Crippen LogP contribution in [0.2, 0.25) is 0 Å². The van der Waals surface area contributed by atoms with Gasteiger partial charge in [-0.3, -0.25) is 4.79 Å². The molecule has 9 heteroatoms. The summed E-state index contributed by atoms with van der Waals surface area (Å²) in [5, 5.41) is 11.1. The molecule has 2 aromatic carbocycles. The van der Waals surface area contributed by atoms with E-state index in [9.17, 15) is 4.79 Å². The van der Waals surface area contributed by atoms with E-state index in [1.807, 2.05) is 12.1 Å². The van der Waals surface area contributed by atoms with Crippen LogP contribution in [0.4, 0.5) is 5.69 Å². The van der Waals surface area contributed by atoms with Crippen LogP contribution in [0.1, 0.15) is 42.5 Å². The molecule has 0 saturated heterocycles. The Morgan fingerprint density at radius 1 is 1.06 bits per heavy atom. The first-order valence-corrected chi connectivity index (χ1v) is 10.2. The predicted octanol–water partition coefficient (Wildman–Crippen LogP) is 4.83. The van der Waals surface area contributed by atoms with E-state index in [0.717, 1.165) is 5.56 Å². The fraction of sp³-hybridized carbons (Fsp3) is 0.318. The molecule has 0 atom stereocenters. The molecule has 164 valence electrons. The third kappa shape index (κ3) is 4.82. The van der Waals surface area contributed by atoms with Gasteiger partial charge in [0.15, 0.2) is 22.0 Å². The molecule has 31 heavy (non-hydrogen) atoms. The molecule has 8 nitrogen and oxygen atoms in total. The van der Waals surface area contributed by atoms with Gasteiger partial charge in [0.1, 0.15) is 22.9 Å². The molecular weight excluding hydrogens is 464 g/mol. The number of methoxy groups -OCH3 is 2. The van der Waals surface area contributed by atoms with Gasteiger partial charge in [0.05, 0.1) is 19.9 Å². The van der Waals surface area contributed by atoms with Crippen molar-refractivity contribution in [1.82, 2.24) is 15.0 Å². The first-order valence-electron chi connectivity index (χ1n) is 9.58. The van der Waals surface area contributed by atoms with Gasteiger partial charge in [-0.15, -0.1) is 5.10 Å². The second-order valence-corrected chi connectivity index (χ2v) is 8.32. The first-order chi connectivity index (χ1) is 14.7. The quantitative estimate of drug-likeness (QED) is 0.534. The topological polar surface area (TPSA) is 87.5 Å². The van der Waals surface area contributed by atoms with E-state index in [1.54, 1.807) is 50.1 Å². The second-order valence-electron chi connectivity index (χ2n) is 8.00. The third-order valence-corrected chi connectivity index (χ3v) is 5.22. The summed E-state index contributed by atoms with van der Waals surface area (Å²) in [6, 6.07) is 10.9. The average Bonchev–Trinajstić information content (AvgIpc) is 3.13. The minimum atomic E-state index is -0.378. The Morgan fingerprint density at radius 3 is 2.42 bits per heavy atom. The normalized spacial score (nSPS) is 11.2. The van der Waals surface area contributed by atoms with Crippen molar-refractivity contribution in [2.24, 2.45) is 0 Å². The second kappa shape index (κ2) is 8.97. The number of benzene rings is 2. The summed E-state index contributed by atoms with van der Waals surface area (Å²) in [7, 11) is 3.15. The molecule has 0 fully saturated rings. The van der Waals surface area contributed by atoms with Crippen molar-refractivity contribution in [1.29, 1.82) is 0 Å². The minimum Gasteiger partial charge on any atom is -0.497 e.